The molecule has 0 radical (unpaired) electrons. The normalized spacial score (nSPS) is 18.8. The molecule has 0 amide bonds. The minimum atomic E-state index is -3.79. The van der Waals surface area contributed by atoms with Crippen LogP contribution in [-0.4, -0.2) is 50.0 Å². The maximum Gasteiger partial charge on any atom is 0.317 e. The average Bonchev–Trinajstić information content (AvgIpc) is 2.46. The van der Waals surface area contributed by atoms with Gasteiger partial charge in [0, 0.05) is 13.1 Å². The van der Waals surface area contributed by atoms with Crippen LogP contribution in [-0.2, 0) is 14.8 Å². The van der Waals surface area contributed by atoms with Gasteiger partial charge < -0.3 is 10.4 Å². The van der Waals surface area contributed by atoms with Gasteiger partial charge in [0.2, 0.25) is 10.0 Å². The molecule has 0 bridgehead atoms. The molecule has 1 aliphatic rings. The molecule has 0 saturated carbocycles. The largest absolute Gasteiger partial charge is 0.480 e. The molecule has 2 rings (SSSR count). The maximum absolute atomic E-state index is 13.1. The topological polar surface area (TPSA) is 86.7 Å². The number of piperidine rings is 1. The van der Waals surface area contributed by atoms with E-state index in [1.807, 2.05) is 0 Å². The lowest BCUT2D eigenvalue weighted by Gasteiger charge is -2.32. The van der Waals surface area contributed by atoms with Crippen molar-refractivity contribution in [2.24, 2.45) is 5.92 Å². The number of carboxylic acids is 1. The number of hydrogen-bond donors (Lipinski definition) is 2. The molecule has 136 valence electrons. The van der Waals surface area contributed by atoms with Crippen molar-refractivity contribution in [1.82, 2.24) is 9.62 Å². The van der Waals surface area contributed by atoms with Crippen molar-refractivity contribution in [2.75, 3.05) is 26.2 Å². The quantitative estimate of drug-likeness (QED) is 0.761. The minimum absolute atomic E-state index is 0. The van der Waals surface area contributed by atoms with E-state index >= 15 is 0 Å². The monoisotopic (exact) mass is 400 g/mol. The van der Waals surface area contributed by atoms with Gasteiger partial charge in [-0.2, -0.15) is 4.31 Å². The molecule has 1 aliphatic heterocycles. The maximum atomic E-state index is 13.1. The van der Waals surface area contributed by atoms with E-state index in [2.05, 4.69) is 5.32 Å². The summed E-state index contributed by atoms with van der Waals surface area (Å²) in [5.41, 5.74) is 0. The van der Waals surface area contributed by atoms with E-state index in [4.69, 9.17) is 16.7 Å². The number of benzene rings is 1. The Morgan fingerprint density at radius 2 is 2.17 bits per heavy atom. The van der Waals surface area contributed by atoms with Crippen LogP contribution in [0.2, 0.25) is 5.02 Å². The van der Waals surface area contributed by atoms with Crippen LogP contribution in [0.25, 0.3) is 0 Å². The van der Waals surface area contributed by atoms with Crippen LogP contribution in [0.5, 0.6) is 0 Å². The van der Waals surface area contributed by atoms with E-state index in [0.29, 0.717) is 19.5 Å². The van der Waals surface area contributed by atoms with Gasteiger partial charge >= 0.3 is 5.97 Å². The molecule has 1 heterocycles. The summed E-state index contributed by atoms with van der Waals surface area (Å²) in [6, 6.07) is 3.21. The predicted molar refractivity (Wildman–Crippen MR) is 90.6 cm³/mol. The molecular weight excluding hydrogens is 382 g/mol. The Kier molecular flexibility index (Phi) is 7.88. The summed E-state index contributed by atoms with van der Waals surface area (Å²) in [7, 11) is -3.79. The number of hydrogen-bond acceptors (Lipinski definition) is 4. The standard InChI is InChI=1S/C14H18ClFN2O4S.ClH/c15-12-6-11(16)3-4-13(12)23(21,22)18-5-1-2-10(9-18)7-17-8-14(19)20;/h3-4,6,10,17H,1-2,5,7-9H2,(H,19,20);1H. The fourth-order valence-electron chi connectivity index (χ4n) is 2.62. The van der Waals surface area contributed by atoms with Crippen molar-refractivity contribution in [3.63, 3.8) is 0 Å². The van der Waals surface area contributed by atoms with Crippen molar-refractivity contribution in [3.05, 3.63) is 29.0 Å². The van der Waals surface area contributed by atoms with Crippen LogP contribution < -0.4 is 5.32 Å². The first-order valence-electron chi connectivity index (χ1n) is 7.18. The molecule has 2 N–H and O–H groups in total. The predicted octanol–water partition coefficient (Wildman–Crippen LogP) is 1.98. The molecule has 24 heavy (non-hydrogen) atoms. The molecule has 1 fully saturated rings. The van der Waals surface area contributed by atoms with Crippen molar-refractivity contribution in [2.45, 2.75) is 17.7 Å². The number of sulfonamides is 1. The summed E-state index contributed by atoms with van der Waals surface area (Å²) in [4.78, 5) is 10.4. The third kappa shape index (κ3) is 5.29. The molecule has 1 unspecified atom stereocenters. The number of carbonyl (C=O) groups is 1. The highest BCUT2D eigenvalue weighted by Gasteiger charge is 2.31. The third-order valence-corrected chi connectivity index (χ3v) is 6.05. The summed E-state index contributed by atoms with van der Waals surface area (Å²) >= 11 is 5.86. The SMILES string of the molecule is Cl.O=C(O)CNCC1CCCN(S(=O)(=O)c2ccc(F)cc2Cl)C1. The highest BCUT2D eigenvalue weighted by atomic mass is 35.5. The van der Waals surface area contributed by atoms with E-state index in [-0.39, 0.29) is 41.3 Å². The molecule has 6 nitrogen and oxygen atoms in total. The first-order valence-corrected chi connectivity index (χ1v) is 9.00. The Morgan fingerprint density at radius 3 is 2.79 bits per heavy atom. The average molecular weight is 401 g/mol. The van der Waals surface area contributed by atoms with Gasteiger partial charge in [0.25, 0.3) is 0 Å². The lowest BCUT2D eigenvalue weighted by molar-refractivity contribution is -0.136. The van der Waals surface area contributed by atoms with Crippen LogP contribution in [0, 0.1) is 11.7 Å². The van der Waals surface area contributed by atoms with Gasteiger partial charge in [-0.25, -0.2) is 12.8 Å². The van der Waals surface area contributed by atoms with E-state index < -0.39 is 21.8 Å². The van der Waals surface area contributed by atoms with E-state index in [0.717, 1.165) is 18.6 Å². The summed E-state index contributed by atoms with van der Waals surface area (Å²) in [5, 5.41) is 11.3. The smallest absolute Gasteiger partial charge is 0.317 e. The second kappa shape index (κ2) is 8.96. The Bertz CT molecular complexity index is 687. The Hall–Kier alpha value is -0.930. The number of halogens is 3. The molecule has 0 aromatic heterocycles. The lowest BCUT2D eigenvalue weighted by atomic mass is 10.00. The molecular formula is C14H19Cl2FN2O4S. The Labute approximate surface area is 151 Å². The van der Waals surface area contributed by atoms with Crippen LogP contribution in [0.3, 0.4) is 0 Å². The highest BCUT2D eigenvalue weighted by Crippen LogP contribution is 2.28. The summed E-state index contributed by atoms with van der Waals surface area (Å²) in [6.07, 6.45) is 1.49. The third-order valence-electron chi connectivity index (χ3n) is 3.70. The van der Waals surface area contributed by atoms with Gasteiger partial charge in [-0.1, -0.05) is 11.6 Å². The van der Waals surface area contributed by atoms with Crippen LogP contribution in [0.1, 0.15) is 12.8 Å². The summed E-state index contributed by atoms with van der Waals surface area (Å²) < 4.78 is 39.7. The first kappa shape index (κ1) is 21.1. The minimum Gasteiger partial charge on any atom is -0.480 e. The van der Waals surface area contributed by atoms with E-state index in [1.165, 1.54) is 10.4 Å². The van der Waals surface area contributed by atoms with Crippen molar-refractivity contribution >= 4 is 40.0 Å². The lowest BCUT2D eigenvalue weighted by Crippen LogP contribution is -2.43. The zero-order valence-electron chi connectivity index (χ0n) is 12.7. The number of nitrogens with zero attached hydrogens (tertiary/aromatic N) is 1. The van der Waals surface area contributed by atoms with Gasteiger partial charge in [0.05, 0.1) is 11.6 Å². The molecule has 0 aliphatic carbocycles. The number of carboxylic acid groups (broad SMARTS) is 1. The van der Waals surface area contributed by atoms with Gasteiger partial charge in [-0.15, -0.1) is 12.4 Å². The van der Waals surface area contributed by atoms with Crippen molar-refractivity contribution in [3.8, 4) is 0 Å². The Morgan fingerprint density at radius 1 is 1.46 bits per heavy atom. The molecule has 1 saturated heterocycles. The first-order chi connectivity index (χ1) is 10.8. The fourth-order valence-corrected chi connectivity index (χ4v) is 4.68. The molecule has 1 aromatic rings. The van der Waals surface area contributed by atoms with E-state index in [1.54, 1.807) is 0 Å². The molecule has 0 spiro atoms. The number of rotatable bonds is 6. The molecule has 1 atom stereocenters. The molecule has 1 aromatic carbocycles. The summed E-state index contributed by atoms with van der Waals surface area (Å²) in [6.45, 7) is 0.913. The van der Waals surface area contributed by atoms with Gasteiger partial charge in [-0.05, 0) is 43.5 Å². The number of aliphatic carboxylic acids is 1. The van der Waals surface area contributed by atoms with Crippen molar-refractivity contribution < 1.29 is 22.7 Å². The van der Waals surface area contributed by atoms with Gasteiger partial charge in [0.15, 0.2) is 0 Å². The second-order valence-electron chi connectivity index (χ2n) is 5.47. The molecule has 10 heteroatoms. The second-order valence-corrected chi connectivity index (χ2v) is 7.78. The van der Waals surface area contributed by atoms with Crippen molar-refractivity contribution in [1.29, 1.82) is 0 Å². The Balaban J connectivity index is 0.00000288. The van der Waals surface area contributed by atoms with E-state index in [9.17, 15) is 17.6 Å². The summed E-state index contributed by atoms with van der Waals surface area (Å²) in [5.74, 6) is -1.52. The van der Waals surface area contributed by atoms with Gasteiger partial charge in [-0.3, -0.25) is 4.79 Å². The highest BCUT2D eigenvalue weighted by molar-refractivity contribution is 7.89. The zero-order valence-corrected chi connectivity index (χ0v) is 15.1. The number of nitrogens with one attached hydrogen (secondary N) is 1. The van der Waals surface area contributed by atoms with Crippen LogP contribution >= 0.6 is 24.0 Å². The van der Waals surface area contributed by atoms with Gasteiger partial charge in [0.1, 0.15) is 10.7 Å². The zero-order chi connectivity index (χ0) is 17.0. The van der Waals surface area contributed by atoms with Crippen LogP contribution in [0.15, 0.2) is 23.1 Å². The fraction of sp³-hybridized carbons (Fsp3) is 0.500. The van der Waals surface area contributed by atoms with Crippen LogP contribution in [0.4, 0.5) is 4.39 Å².